The minimum absolute atomic E-state index is 0.139. The highest BCUT2D eigenvalue weighted by Gasteiger charge is 2.11. The average Bonchev–Trinajstić information content (AvgIpc) is 1.87. The topological polar surface area (TPSA) is 26.0 Å². The highest BCUT2D eigenvalue weighted by Crippen LogP contribution is 2.11. The summed E-state index contributed by atoms with van der Waals surface area (Å²) in [6, 6.07) is 0. The zero-order valence-corrected chi connectivity index (χ0v) is 6.23. The normalized spacial score (nSPS) is 17.3. The molecule has 56 valence electrons. The molecule has 0 spiro atoms. The van der Waals surface area contributed by atoms with Gasteiger partial charge in [-0.2, -0.15) is 0 Å². The largest absolute Gasteiger partial charge is 0.328 e. The van der Waals surface area contributed by atoms with Gasteiger partial charge in [0.1, 0.15) is 6.17 Å². The first-order valence-electron chi connectivity index (χ1n) is 3.56. The second-order valence-electron chi connectivity index (χ2n) is 2.52. The van der Waals surface area contributed by atoms with E-state index in [9.17, 15) is 4.39 Å². The van der Waals surface area contributed by atoms with Crippen molar-refractivity contribution in [1.29, 1.82) is 0 Å². The van der Waals surface area contributed by atoms with Crippen LogP contribution in [0.1, 0.15) is 26.7 Å². The standard InChI is InChI=1S/C7H16FN/c1-3-4-6(2)7(8)5-9/h6-7H,3-5,9H2,1-2H3. The third-order valence-electron chi connectivity index (χ3n) is 1.59. The van der Waals surface area contributed by atoms with Crippen LogP contribution < -0.4 is 5.73 Å². The number of rotatable bonds is 4. The summed E-state index contributed by atoms with van der Waals surface area (Å²) >= 11 is 0. The summed E-state index contributed by atoms with van der Waals surface area (Å²) in [5, 5.41) is 0. The lowest BCUT2D eigenvalue weighted by molar-refractivity contribution is 0.238. The van der Waals surface area contributed by atoms with Crippen molar-refractivity contribution in [3.63, 3.8) is 0 Å². The maximum absolute atomic E-state index is 12.6. The van der Waals surface area contributed by atoms with Crippen molar-refractivity contribution in [2.75, 3.05) is 6.54 Å². The van der Waals surface area contributed by atoms with Crippen LogP contribution in [-0.2, 0) is 0 Å². The van der Waals surface area contributed by atoms with Crippen molar-refractivity contribution < 1.29 is 4.39 Å². The van der Waals surface area contributed by atoms with Crippen LogP contribution in [0.15, 0.2) is 0 Å². The summed E-state index contributed by atoms with van der Waals surface area (Å²) in [5.41, 5.74) is 5.13. The molecule has 2 heteroatoms. The SMILES string of the molecule is CCCC(C)C(F)CN. The molecule has 0 heterocycles. The summed E-state index contributed by atoms with van der Waals surface area (Å²) < 4.78 is 12.6. The molecule has 1 nitrogen and oxygen atoms in total. The molecule has 2 atom stereocenters. The van der Waals surface area contributed by atoms with Gasteiger partial charge in [0, 0.05) is 6.54 Å². The highest BCUT2D eigenvalue weighted by molar-refractivity contribution is 4.64. The van der Waals surface area contributed by atoms with E-state index in [1.807, 2.05) is 6.92 Å². The Hall–Kier alpha value is -0.110. The minimum atomic E-state index is -0.801. The van der Waals surface area contributed by atoms with Gasteiger partial charge in [-0.05, 0) is 12.3 Å². The molecule has 0 rings (SSSR count). The van der Waals surface area contributed by atoms with Crippen LogP contribution in [0, 0.1) is 5.92 Å². The molecule has 0 saturated heterocycles. The maximum Gasteiger partial charge on any atom is 0.115 e. The molecular formula is C7H16FN. The molecule has 0 radical (unpaired) electrons. The van der Waals surface area contributed by atoms with Crippen molar-refractivity contribution in [2.45, 2.75) is 32.9 Å². The van der Waals surface area contributed by atoms with E-state index in [2.05, 4.69) is 6.92 Å². The van der Waals surface area contributed by atoms with Crippen LogP contribution >= 0.6 is 0 Å². The Morgan fingerprint density at radius 1 is 1.56 bits per heavy atom. The van der Waals surface area contributed by atoms with Crippen molar-refractivity contribution >= 4 is 0 Å². The molecule has 0 aliphatic rings. The molecule has 0 aromatic carbocycles. The molecule has 0 amide bonds. The quantitative estimate of drug-likeness (QED) is 0.621. The van der Waals surface area contributed by atoms with Crippen molar-refractivity contribution in [3.05, 3.63) is 0 Å². The first-order valence-corrected chi connectivity index (χ1v) is 3.56. The third kappa shape index (κ3) is 3.46. The van der Waals surface area contributed by atoms with E-state index < -0.39 is 6.17 Å². The maximum atomic E-state index is 12.6. The second kappa shape index (κ2) is 4.74. The number of alkyl halides is 1. The second-order valence-corrected chi connectivity index (χ2v) is 2.52. The fraction of sp³-hybridized carbons (Fsp3) is 1.00. The van der Waals surface area contributed by atoms with Gasteiger partial charge in [0.25, 0.3) is 0 Å². The van der Waals surface area contributed by atoms with E-state index in [1.165, 1.54) is 0 Å². The molecule has 0 aliphatic carbocycles. The van der Waals surface area contributed by atoms with E-state index >= 15 is 0 Å². The smallest absolute Gasteiger partial charge is 0.115 e. The summed E-state index contributed by atoms with van der Waals surface area (Å²) in [4.78, 5) is 0. The molecule has 0 saturated carbocycles. The Kier molecular flexibility index (Phi) is 4.68. The van der Waals surface area contributed by atoms with Gasteiger partial charge in [-0.25, -0.2) is 4.39 Å². The van der Waals surface area contributed by atoms with Crippen molar-refractivity contribution in [3.8, 4) is 0 Å². The lowest BCUT2D eigenvalue weighted by Gasteiger charge is -2.12. The zero-order valence-electron chi connectivity index (χ0n) is 6.23. The summed E-state index contributed by atoms with van der Waals surface area (Å²) in [6.07, 6.45) is 1.19. The summed E-state index contributed by atoms with van der Waals surface area (Å²) in [7, 11) is 0. The van der Waals surface area contributed by atoms with Crippen LogP contribution in [-0.4, -0.2) is 12.7 Å². The van der Waals surface area contributed by atoms with Crippen LogP contribution in [0.4, 0.5) is 4.39 Å². The monoisotopic (exact) mass is 133 g/mol. The molecule has 0 bridgehead atoms. The molecule has 2 unspecified atom stereocenters. The third-order valence-corrected chi connectivity index (χ3v) is 1.59. The Balaban J connectivity index is 3.32. The lowest BCUT2D eigenvalue weighted by atomic mass is 10.0. The van der Waals surface area contributed by atoms with Crippen LogP contribution in [0.3, 0.4) is 0 Å². The van der Waals surface area contributed by atoms with E-state index in [-0.39, 0.29) is 12.5 Å². The number of halogens is 1. The van der Waals surface area contributed by atoms with Gasteiger partial charge in [-0.15, -0.1) is 0 Å². The molecule has 0 aromatic rings. The van der Waals surface area contributed by atoms with Gasteiger partial charge < -0.3 is 5.73 Å². The van der Waals surface area contributed by atoms with E-state index in [0.717, 1.165) is 12.8 Å². The Labute approximate surface area is 56.4 Å². The molecule has 2 N–H and O–H groups in total. The number of hydrogen-bond acceptors (Lipinski definition) is 1. The van der Waals surface area contributed by atoms with Gasteiger partial charge >= 0.3 is 0 Å². The van der Waals surface area contributed by atoms with E-state index in [0.29, 0.717) is 0 Å². The Morgan fingerprint density at radius 3 is 2.44 bits per heavy atom. The predicted molar refractivity (Wildman–Crippen MR) is 38.0 cm³/mol. The number of nitrogens with two attached hydrogens (primary N) is 1. The van der Waals surface area contributed by atoms with E-state index in [1.54, 1.807) is 0 Å². The fourth-order valence-electron chi connectivity index (χ4n) is 0.868. The van der Waals surface area contributed by atoms with Crippen LogP contribution in [0.25, 0.3) is 0 Å². The van der Waals surface area contributed by atoms with Gasteiger partial charge in [0.15, 0.2) is 0 Å². The molecule has 0 aliphatic heterocycles. The van der Waals surface area contributed by atoms with Gasteiger partial charge in [0.05, 0.1) is 0 Å². The molecule has 0 aromatic heterocycles. The first kappa shape index (κ1) is 8.89. The van der Waals surface area contributed by atoms with Gasteiger partial charge in [-0.1, -0.05) is 20.3 Å². The first-order chi connectivity index (χ1) is 4.22. The van der Waals surface area contributed by atoms with Crippen molar-refractivity contribution in [2.24, 2.45) is 11.7 Å². The molecular weight excluding hydrogens is 117 g/mol. The lowest BCUT2D eigenvalue weighted by Crippen LogP contribution is -2.22. The van der Waals surface area contributed by atoms with E-state index in [4.69, 9.17) is 5.73 Å². The fourth-order valence-corrected chi connectivity index (χ4v) is 0.868. The number of hydrogen-bond donors (Lipinski definition) is 1. The minimum Gasteiger partial charge on any atom is -0.328 e. The van der Waals surface area contributed by atoms with Crippen LogP contribution in [0.5, 0.6) is 0 Å². The Morgan fingerprint density at radius 2 is 2.11 bits per heavy atom. The summed E-state index contributed by atoms with van der Waals surface area (Å²) in [5.74, 6) is 0.139. The molecule has 0 fully saturated rings. The Bertz CT molecular complexity index is 65.9. The van der Waals surface area contributed by atoms with Gasteiger partial charge in [0.2, 0.25) is 0 Å². The molecule has 9 heavy (non-hydrogen) atoms. The predicted octanol–water partition coefficient (Wildman–Crippen LogP) is 1.72. The summed E-state index contributed by atoms with van der Waals surface area (Å²) in [6.45, 7) is 4.13. The average molecular weight is 133 g/mol. The van der Waals surface area contributed by atoms with Crippen molar-refractivity contribution in [1.82, 2.24) is 0 Å². The highest BCUT2D eigenvalue weighted by atomic mass is 19.1. The zero-order chi connectivity index (χ0) is 7.28. The van der Waals surface area contributed by atoms with Gasteiger partial charge in [-0.3, -0.25) is 0 Å². The van der Waals surface area contributed by atoms with Crippen LogP contribution in [0.2, 0.25) is 0 Å².